The van der Waals surface area contributed by atoms with E-state index >= 15 is 0 Å². The number of halogens is 3. The number of amides is 1. The van der Waals surface area contributed by atoms with E-state index < -0.39 is 23.7 Å². The second-order valence-electron chi connectivity index (χ2n) is 4.36. The number of rotatable bonds is 3. The number of H-pyrrole nitrogens is 1. The van der Waals surface area contributed by atoms with Crippen molar-refractivity contribution in [3.05, 3.63) is 41.2 Å². The number of aromatic nitrogens is 3. The zero-order chi connectivity index (χ0) is 15.6. The molecule has 0 spiro atoms. The summed E-state index contributed by atoms with van der Waals surface area (Å²) < 4.78 is 37.9. The highest BCUT2D eigenvalue weighted by Gasteiger charge is 2.30. The first-order valence-corrected chi connectivity index (χ1v) is 5.93. The molecular formula is C12H12F3N5O. The number of hydrogen-bond acceptors (Lipinski definition) is 4. The summed E-state index contributed by atoms with van der Waals surface area (Å²) in [7, 11) is 0. The van der Waals surface area contributed by atoms with Crippen LogP contribution in [0.4, 0.5) is 19.1 Å². The lowest BCUT2D eigenvalue weighted by Gasteiger charge is -2.15. The Morgan fingerprint density at radius 1 is 1.43 bits per heavy atom. The third-order valence-electron chi connectivity index (χ3n) is 2.78. The van der Waals surface area contributed by atoms with Crippen LogP contribution in [0, 0.1) is 0 Å². The van der Waals surface area contributed by atoms with Gasteiger partial charge in [0.25, 0.3) is 5.91 Å². The van der Waals surface area contributed by atoms with Crippen molar-refractivity contribution in [2.45, 2.75) is 19.1 Å². The maximum atomic E-state index is 12.6. The molecule has 2 aromatic rings. The van der Waals surface area contributed by atoms with Crippen molar-refractivity contribution in [2.75, 3.05) is 5.73 Å². The third kappa shape index (κ3) is 3.50. The highest BCUT2D eigenvalue weighted by atomic mass is 19.4. The minimum absolute atomic E-state index is 0.0909. The average Bonchev–Trinajstić information content (AvgIpc) is 2.84. The van der Waals surface area contributed by atoms with Gasteiger partial charge in [0.2, 0.25) is 11.8 Å². The van der Waals surface area contributed by atoms with Crippen molar-refractivity contribution < 1.29 is 18.0 Å². The van der Waals surface area contributed by atoms with E-state index in [1.807, 2.05) is 0 Å². The molecule has 1 aromatic carbocycles. The molecule has 0 aliphatic rings. The van der Waals surface area contributed by atoms with Crippen LogP contribution in [0.1, 0.15) is 34.7 Å². The lowest BCUT2D eigenvalue weighted by molar-refractivity contribution is -0.137. The maximum absolute atomic E-state index is 12.6. The van der Waals surface area contributed by atoms with Gasteiger partial charge in [-0.25, -0.2) is 0 Å². The summed E-state index contributed by atoms with van der Waals surface area (Å²) in [6, 6.07) is 4.10. The van der Waals surface area contributed by atoms with E-state index in [2.05, 4.69) is 20.5 Å². The molecular weight excluding hydrogens is 287 g/mol. The minimum atomic E-state index is -4.43. The number of aromatic amines is 1. The fourth-order valence-corrected chi connectivity index (χ4v) is 1.71. The van der Waals surface area contributed by atoms with E-state index in [-0.39, 0.29) is 11.8 Å². The zero-order valence-electron chi connectivity index (χ0n) is 10.9. The van der Waals surface area contributed by atoms with E-state index in [1.54, 1.807) is 6.92 Å². The summed E-state index contributed by atoms with van der Waals surface area (Å²) in [5.74, 6) is -0.803. The summed E-state index contributed by atoms with van der Waals surface area (Å²) in [5.41, 5.74) is 4.82. The molecule has 1 unspecified atom stereocenters. The smallest absolute Gasteiger partial charge is 0.366 e. The number of anilines is 1. The van der Waals surface area contributed by atoms with Crippen molar-refractivity contribution in [2.24, 2.45) is 0 Å². The highest BCUT2D eigenvalue weighted by Crippen LogP contribution is 2.30. The van der Waals surface area contributed by atoms with Crippen molar-refractivity contribution in [3.8, 4) is 0 Å². The van der Waals surface area contributed by atoms with Gasteiger partial charge in [0.15, 0.2) is 0 Å². The fraction of sp³-hybridized carbons (Fsp3) is 0.250. The Morgan fingerprint density at radius 2 is 2.14 bits per heavy atom. The molecule has 0 radical (unpaired) electrons. The van der Waals surface area contributed by atoms with Gasteiger partial charge in [-0.15, -0.1) is 5.10 Å². The lowest BCUT2D eigenvalue weighted by atomic mass is 10.0. The third-order valence-corrected chi connectivity index (χ3v) is 2.78. The van der Waals surface area contributed by atoms with Crippen molar-refractivity contribution >= 4 is 11.9 Å². The molecule has 0 aliphatic heterocycles. The van der Waals surface area contributed by atoms with Crippen molar-refractivity contribution in [3.63, 3.8) is 0 Å². The first-order valence-electron chi connectivity index (χ1n) is 5.93. The molecule has 0 aliphatic carbocycles. The maximum Gasteiger partial charge on any atom is 0.416 e. The second-order valence-corrected chi connectivity index (χ2v) is 4.36. The minimum Gasteiger partial charge on any atom is -0.366 e. The van der Waals surface area contributed by atoms with Gasteiger partial charge in [-0.3, -0.25) is 9.89 Å². The summed E-state index contributed by atoms with van der Waals surface area (Å²) in [5, 5.41) is 8.32. The molecule has 0 bridgehead atoms. The zero-order valence-corrected chi connectivity index (χ0v) is 10.9. The van der Waals surface area contributed by atoms with Gasteiger partial charge in [-0.05, 0) is 24.6 Å². The first kappa shape index (κ1) is 14.8. The van der Waals surface area contributed by atoms with E-state index in [1.165, 1.54) is 12.1 Å². The topological polar surface area (TPSA) is 96.7 Å². The summed E-state index contributed by atoms with van der Waals surface area (Å²) in [4.78, 5) is 15.4. The van der Waals surface area contributed by atoms with E-state index in [9.17, 15) is 18.0 Å². The average molecular weight is 299 g/mol. The summed E-state index contributed by atoms with van der Waals surface area (Å²) in [6.45, 7) is 1.56. The van der Waals surface area contributed by atoms with E-state index in [0.29, 0.717) is 5.56 Å². The molecule has 1 heterocycles. The van der Waals surface area contributed by atoms with Crippen LogP contribution >= 0.6 is 0 Å². The molecule has 2 rings (SSSR count). The standard InChI is InChI=1S/C12H12F3N5O/c1-6(17-10(21)9-18-11(16)20-19-9)7-3-2-4-8(5-7)12(13,14)15/h2-6H,1H3,(H,17,21)(H3,16,18,19,20). The van der Waals surface area contributed by atoms with E-state index in [0.717, 1.165) is 12.1 Å². The molecule has 112 valence electrons. The van der Waals surface area contributed by atoms with Crippen LogP contribution in [-0.2, 0) is 6.18 Å². The lowest BCUT2D eigenvalue weighted by Crippen LogP contribution is -2.27. The second kappa shape index (κ2) is 5.43. The van der Waals surface area contributed by atoms with Crippen molar-refractivity contribution in [1.29, 1.82) is 0 Å². The number of nitrogens with zero attached hydrogens (tertiary/aromatic N) is 2. The molecule has 9 heteroatoms. The number of nitrogen functional groups attached to an aromatic ring is 1. The Kier molecular flexibility index (Phi) is 3.83. The van der Waals surface area contributed by atoms with Crippen LogP contribution in [0.5, 0.6) is 0 Å². The Hall–Kier alpha value is -2.58. The molecule has 0 saturated carbocycles. The SMILES string of the molecule is CC(NC(=O)c1nc(N)n[nH]1)c1cccc(C(F)(F)F)c1. The molecule has 0 saturated heterocycles. The Bertz CT molecular complexity index is 652. The van der Waals surface area contributed by atoms with Crippen LogP contribution in [0.3, 0.4) is 0 Å². The van der Waals surface area contributed by atoms with Crippen molar-refractivity contribution in [1.82, 2.24) is 20.5 Å². The number of carbonyl (C=O) groups excluding carboxylic acids is 1. The molecule has 1 aromatic heterocycles. The Balaban J connectivity index is 2.13. The Morgan fingerprint density at radius 3 is 2.71 bits per heavy atom. The van der Waals surface area contributed by atoms with Gasteiger partial charge in [0.1, 0.15) is 0 Å². The van der Waals surface area contributed by atoms with Crippen LogP contribution in [0.25, 0.3) is 0 Å². The van der Waals surface area contributed by atoms with Gasteiger partial charge in [-0.1, -0.05) is 12.1 Å². The molecule has 0 fully saturated rings. The van der Waals surface area contributed by atoms with E-state index in [4.69, 9.17) is 5.73 Å². The van der Waals surface area contributed by atoms with Crippen LogP contribution in [-0.4, -0.2) is 21.1 Å². The summed E-state index contributed by atoms with van der Waals surface area (Å²) >= 11 is 0. The number of alkyl halides is 3. The number of nitrogens with two attached hydrogens (primary N) is 1. The molecule has 1 atom stereocenters. The Labute approximate surface area is 117 Å². The first-order chi connectivity index (χ1) is 9.77. The normalized spacial score (nSPS) is 13.0. The van der Waals surface area contributed by atoms with Gasteiger partial charge >= 0.3 is 6.18 Å². The number of benzene rings is 1. The van der Waals surface area contributed by atoms with Gasteiger partial charge in [-0.2, -0.15) is 18.2 Å². The summed E-state index contributed by atoms with van der Waals surface area (Å²) in [6.07, 6.45) is -4.43. The van der Waals surface area contributed by atoms with Crippen LogP contribution in [0.15, 0.2) is 24.3 Å². The van der Waals surface area contributed by atoms with Gasteiger partial charge in [0, 0.05) is 0 Å². The van der Waals surface area contributed by atoms with Crippen LogP contribution in [0.2, 0.25) is 0 Å². The molecule has 1 amide bonds. The molecule has 4 N–H and O–H groups in total. The predicted octanol–water partition coefficient (Wildman–Crippen LogP) is 1.90. The largest absolute Gasteiger partial charge is 0.416 e. The molecule has 6 nitrogen and oxygen atoms in total. The molecule has 21 heavy (non-hydrogen) atoms. The number of hydrogen-bond donors (Lipinski definition) is 3. The monoisotopic (exact) mass is 299 g/mol. The number of nitrogens with one attached hydrogen (secondary N) is 2. The quantitative estimate of drug-likeness (QED) is 0.806. The predicted molar refractivity (Wildman–Crippen MR) is 68.1 cm³/mol. The van der Waals surface area contributed by atoms with Gasteiger partial charge in [0.05, 0.1) is 11.6 Å². The van der Waals surface area contributed by atoms with Gasteiger partial charge < -0.3 is 11.1 Å². The van der Waals surface area contributed by atoms with Crippen LogP contribution < -0.4 is 11.1 Å². The highest BCUT2D eigenvalue weighted by molar-refractivity contribution is 5.90. The fourth-order valence-electron chi connectivity index (χ4n) is 1.71. The number of carbonyl (C=O) groups is 1.